The number of hydrogen-bond donors (Lipinski definition) is 0. The molecule has 0 saturated heterocycles. The number of thioether (sulfide) groups is 1. The van der Waals surface area contributed by atoms with E-state index >= 15 is 0 Å². The SMILES string of the molecule is BrCSc1ccc2ccccc2n1. The van der Waals surface area contributed by atoms with Gasteiger partial charge in [0.2, 0.25) is 0 Å². The quantitative estimate of drug-likeness (QED) is 0.599. The number of alkyl halides is 1. The van der Waals surface area contributed by atoms with Gasteiger partial charge in [0.25, 0.3) is 0 Å². The van der Waals surface area contributed by atoms with Crippen molar-refractivity contribution < 1.29 is 0 Å². The van der Waals surface area contributed by atoms with E-state index in [1.54, 1.807) is 11.8 Å². The molecule has 0 unspecified atom stereocenters. The summed E-state index contributed by atoms with van der Waals surface area (Å²) in [6, 6.07) is 12.3. The van der Waals surface area contributed by atoms with Crippen LogP contribution in [0.25, 0.3) is 10.9 Å². The van der Waals surface area contributed by atoms with Crippen LogP contribution in [0.4, 0.5) is 0 Å². The number of nitrogens with zero attached hydrogens (tertiary/aromatic N) is 1. The Morgan fingerprint density at radius 1 is 1.15 bits per heavy atom. The topological polar surface area (TPSA) is 12.9 Å². The summed E-state index contributed by atoms with van der Waals surface area (Å²) >= 11 is 5.07. The van der Waals surface area contributed by atoms with Crippen molar-refractivity contribution in [2.45, 2.75) is 5.03 Å². The van der Waals surface area contributed by atoms with Crippen LogP contribution in [0.15, 0.2) is 41.4 Å². The Balaban J connectivity index is 2.49. The number of rotatable bonds is 2. The van der Waals surface area contributed by atoms with E-state index in [1.165, 1.54) is 5.39 Å². The Morgan fingerprint density at radius 3 is 2.85 bits per heavy atom. The molecule has 0 amide bonds. The fourth-order valence-electron chi connectivity index (χ4n) is 1.18. The van der Waals surface area contributed by atoms with E-state index in [2.05, 4.69) is 33.0 Å². The Labute approximate surface area is 89.7 Å². The van der Waals surface area contributed by atoms with E-state index in [4.69, 9.17) is 0 Å². The zero-order valence-electron chi connectivity index (χ0n) is 6.90. The van der Waals surface area contributed by atoms with Crippen LogP contribution in [-0.2, 0) is 0 Å². The van der Waals surface area contributed by atoms with Crippen molar-refractivity contribution in [1.82, 2.24) is 4.98 Å². The van der Waals surface area contributed by atoms with Crippen LogP contribution in [0.5, 0.6) is 0 Å². The number of para-hydroxylation sites is 1. The third-order valence-corrected chi connectivity index (χ3v) is 3.09. The molecule has 0 aliphatic carbocycles. The summed E-state index contributed by atoms with van der Waals surface area (Å²) in [5.74, 6) is 0. The largest absolute Gasteiger partial charge is 0.241 e. The summed E-state index contributed by atoms with van der Waals surface area (Å²) in [5.41, 5.74) is 1.06. The molecule has 0 aliphatic rings. The van der Waals surface area contributed by atoms with Gasteiger partial charge < -0.3 is 0 Å². The first kappa shape index (κ1) is 9.03. The number of hydrogen-bond acceptors (Lipinski definition) is 2. The van der Waals surface area contributed by atoms with Gasteiger partial charge in [-0.15, -0.1) is 0 Å². The van der Waals surface area contributed by atoms with Crippen LogP contribution in [-0.4, -0.2) is 9.65 Å². The lowest BCUT2D eigenvalue weighted by Crippen LogP contribution is -1.81. The molecule has 0 spiro atoms. The molecule has 0 aliphatic heterocycles. The molecule has 1 aromatic carbocycles. The highest BCUT2D eigenvalue weighted by molar-refractivity contribution is 9.11. The van der Waals surface area contributed by atoms with Crippen LogP contribution in [0.1, 0.15) is 0 Å². The molecule has 1 nitrogen and oxygen atoms in total. The molecular weight excluding hydrogens is 246 g/mol. The number of halogens is 1. The van der Waals surface area contributed by atoms with Gasteiger partial charge in [-0.05, 0) is 12.1 Å². The van der Waals surface area contributed by atoms with Gasteiger partial charge in [-0.3, -0.25) is 0 Å². The minimum Gasteiger partial charge on any atom is -0.241 e. The van der Waals surface area contributed by atoms with E-state index in [0.29, 0.717) is 0 Å². The van der Waals surface area contributed by atoms with Crippen molar-refractivity contribution in [3.05, 3.63) is 36.4 Å². The van der Waals surface area contributed by atoms with Gasteiger partial charge in [-0.2, -0.15) is 0 Å². The smallest absolute Gasteiger partial charge is 0.0975 e. The van der Waals surface area contributed by atoms with Crippen molar-refractivity contribution in [2.75, 3.05) is 4.66 Å². The van der Waals surface area contributed by atoms with Gasteiger partial charge in [0.05, 0.1) is 15.2 Å². The van der Waals surface area contributed by atoms with E-state index < -0.39 is 0 Å². The van der Waals surface area contributed by atoms with Crippen LogP contribution in [0, 0.1) is 0 Å². The van der Waals surface area contributed by atoms with Crippen molar-refractivity contribution in [1.29, 1.82) is 0 Å². The summed E-state index contributed by atoms with van der Waals surface area (Å²) in [6.07, 6.45) is 0. The minimum atomic E-state index is 0.887. The standard InChI is InChI=1S/C10H8BrNS/c11-7-13-10-6-5-8-3-1-2-4-9(8)12-10/h1-6H,7H2. The minimum absolute atomic E-state index is 0.887. The van der Waals surface area contributed by atoms with E-state index in [1.807, 2.05) is 24.3 Å². The van der Waals surface area contributed by atoms with Crippen molar-refractivity contribution in [3.63, 3.8) is 0 Å². The van der Waals surface area contributed by atoms with Gasteiger partial charge in [-0.1, -0.05) is 52.0 Å². The second kappa shape index (κ2) is 4.11. The zero-order valence-corrected chi connectivity index (χ0v) is 9.31. The second-order valence-corrected chi connectivity index (χ2v) is 4.89. The fraction of sp³-hybridized carbons (Fsp3) is 0.100. The lowest BCUT2D eigenvalue weighted by molar-refractivity contribution is 1.19. The van der Waals surface area contributed by atoms with Crippen molar-refractivity contribution in [2.24, 2.45) is 0 Å². The molecule has 0 bridgehead atoms. The first-order valence-electron chi connectivity index (χ1n) is 3.95. The predicted octanol–water partition coefficient (Wildman–Crippen LogP) is 3.68. The maximum atomic E-state index is 4.50. The fourth-order valence-corrected chi connectivity index (χ4v) is 2.33. The Morgan fingerprint density at radius 2 is 2.00 bits per heavy atom. The number of benzene rings is 1. The normalized spacial score (nSPS) is 10.5. The van der Waals surface area contributed by atoms with Crippen LogP contribution >= 0.6 is 27.7 Å². The monoisotopic (exact) mass is 253 g/mol. The van der Waals surface area contributed by atoms with Crippen LogP contribution in [0.2, 0.25) is 0 Å². The Bertz CT molecular complexity index is 416. The lowest BCUT2D eigenvalue weighted by Gasteiger charge is -1.99. The maximum absolute atomic E-state index is 4.50. The number of fused-ring (bicyclic) bond motifs is 1. The average molecular weight is 254 g/mol. The summed E-state index contributed by atoms with van der Waals surface area (Å²) in [7, 11) is 0. The average Bonchev–Trinajstić information content (AvgIpc) is 2.18. The van der Waals surface area contributed by atoms with Crippen molar-refractivity contribution >= 4 is 38.6 Å². The number of pyridine rings is 1. The Kier molecular flexibility index (Phi) is 2.86. The van der Waals surface area contributed by atoms with Crippen LogP contribution in [0.3, 0.4) is 0 Å². The molecular formula is C10H8BrNS. The molecule has 1 heterocycles. The second-order valence-electron chi connectivity index (χ2n) is 2.60. The molecule has 13 heavy (non-hydrogen) atoms. The zero-order chi connectivity index (χ0) is 9.10. The van der Waals surface area contributed by atoms with Gasteiger partial charge in [0.15, 0.2) is 0 Å². The lowest BCUT2D eigenvalue weighted by atomic mass is 10.2. The highest BCUT2D eigenvalue weighted by atomic mass is 79.9. The van der Waals surface area contributed by atoms with Gasteiger partial charge in [0, 0.05) is 5.39 Å². The van der Waals surface area contributed by atoms with Gasteiger partial charge in [-0.25, -0.2) is 4.98 Å². The molecule has 2 rings (SSSR count). The first-order chi connectivity index (χ1) is 6.40. The van der Waals surface area contributed by atoms with E-state index in [-0.39, 0.29) is 0 Å². The third kappa shape index (κ3) is 2.03. The molecule has 66 valence electrons. The molecule has 0 radical (unpaired) electrons. The highest BCUT2D eigenvalue weighted by Crippen LogP contribution is 2.20. The van der Waals surface area contributed by atoms with Gasteiger partial charge >= 0.3 is 0 Å². The van der Waals surface area contributed by atoms with E-state index in [0.717, 1.165) is 15.2 Å². The molecule has 2 aromatic rings. The molecule has 1 aromatic heterocycles. The summed E-state index contributed by atoms with van der Waals surface area (Å²) in [4.78, 5) is 4.50. The summed E-state index contributed by atoms with van der Waals surface area (Å²) in [6.45, 7) is 0. The van der Waals surface area contributed by atoms with E-state index in [9.17, 15) is 0 Å². The molecule has 3 heteroatoms. The molecule has 0 atom stereocenters. The summed E-state index contributed by atoms with van der Waals surface area (Å²) in [5, 5.41) is 2.26. The predicted molar refractivity (Wildman–Crippen MR) is 61.4 cm³/mol. The summed E-state index contributed by atoms with van der Waals surface area (Å²) < 4.78 is 0.887. The third-order valence-electron chi connectivity index (χ3n) is 1.78. The van der Waals surface area contributed by atoms with Crippen LogP contribution < -0.4 is 0 Å². The number of aromatic nitrogens is 1. The molecule has 0 saturated carbocycles. The molecule has 0 N–H and O–H groups in total. The van der Waals surface area contributed by atoms with Gasteiger partial charge in [0.1, 0.15) is 0 Å². The highest BCUT2D eigenvalue weighted by Gasteiger charge is 1.96. The first-order valence-corrected chi connectivity index (χ1v) is 6.05. The molecule has 0 fully saturated rings. The maximum Gasteiger partial charge on any atom is 0.0975 e. The van der Waals surface area contributed by atoms with Crippen molar-refractivity contribution in [3.8, 4) is 0 Å². The Hall–Kier alpha value is -0.540.